The molecule has 1 amide bonds. The van der Waals surface area contributed by atoms with Crippen LogP contribution in [0.15, 0.2) is 24.4 Å². The highest BCUT2D eigenvalue weighted by Gasteiger charge is 2.50. The molecular weight excluding hydrogens is 300 g/mol. The largest absolute Gasteiger partial charge is 0.355 e. The van der Waals surface area contributed by atoms with E-state index in [1.54, 1.807) is 0 Å². The number of nitrogens with one attached hydrogen (secondary N) is 1. The minimum atomic E-state index is 0.271. The summed E-state index contributed by atoms with van der Waals surface area (Å²) in [5.74, 6) is 4.60. The Morgan fingerprint density at radius 1 is 1.08 bits per heavy atom. The van der Waals surface area contributed by atoms with E-state index in [9.17, 15) is 4.79 Å². The van der Waals surface area contributed by atoms with E-state index >= 15 is 0 Å². The van der Waals surface area contributed by atoms with E-state index in [-0.39, 0.29) is 11.8 Å². The van der Waals surface area contributed by atoms with Gasteiger partial charge in [0.25, 0.3) is 0 Å². The number of nitrogens with zero attached hydrogens (tertiary/aromatic N) is 3. The fraction of sp³-hybridized carbons (Fsp3) is 0.632. The van der Waals surface area contributed by atoms with E-state index < -0.39 is 0 Å². The number of amides is 1. The van der Waals surface area contributed by atoms with Crippen LogP contribution >= 0.6 is 0 Å². The standard InChI is InChI=1S/C19H24N4O/c24-19(18-14-8-12-7-13(10-14)11-15(18)9-12)20-5-4-17-22-21-16-3-1-2-6-23(16)17/h1-3,6,12-15,18H,4-5,7-11H2,(H,20,24). The Hall–Kier alpha value is -1.91. The summed E-state index contributed by atoms with van der Waals surface area (Å²) >= 11 is 0. The minimum Gasteiger partial charge on any atom is -0.355 e. The molecule has 5 heteroatoms. The molecule has 0 unspecified atom stereocenters. The molecule has 0 atom stereocenters. The summed E-state index contributed by atoms with van der Waals surface area (Å²) in [7, 11) is 0. The molecular formula is C19H24N4O. The number of hydrogen-bond acceptors (Lipinski definition) is 3. The smallest absolute Gasteiger partial charge is 0.223 e. The van der Waals surface area contributed by atoms with Crippen molar-refractivity contribution in [2.75, 3.05) is 6.54 Å². The summed E-state index contributed by atoms with van der Waals surface area (Å²) in [5.41, 5.74) is 0.861. The van der Waals surface area contributed by atoms with Gasteiger partial charge in [0.1, 0.15) is 5.82 Å². The SMILES string of the molecule is O=C(NCCc1nnc2ccccn12)C1C2CC3CC(C2)CC1C3. The fourth-order valence-corrected chi connectivity index (χ4v) is 5.83. The molecule has 4 saturated carbocycles. The van der Waals surface area contributed by atoms with Crippen molar-refractivity contribution < 1.29 is 4.79 Å². The average molecular weight is 324 g/mol. The van der Waals surface area contributed by atoms with Crippen LogP contribution in [0.2, 0.25) is 0 Å². The van der Waals surface area contributed by atoms with Gasteiger partial charge in [-0.1, -0.05) is 6.07 Å². The zero-order valence-corrected chi connectivity index (χ0v) is 13.9. The minimum absolute atomic E-state index is 0.271. The third-order valence-corrected chi connectivity index (χ3v) is 6.56. The molecule has 5 nitrogen and oxygen atoms in total. The predicted molar refractivity (Wildman–Crippen MR) is 90.2 cm³/mol. The quantitative estimate of drug-likeness (QED) is 0.940. The predicted octanol–water partition coefficient (Wildman–Crippen LogP) is 2.46. The molecule has 4 bridgehead atoms. The Morgan fingerprint density at radius 3 is 2.58 bits per heavy atom. The molecule has 0 aliphatic heterocycles. The van der Waals surface area contributed by atoms with Crippen LogP contribution in [0, 0.1) is 29.6 Å². The molecule has 2 aromatic rings. The monoisotopic (exact) mass is 324 g/mol. The van der Waals surface area contributed by atoms with Crippen molar-refractivity contribution >= 4 is 11.6 Å². The van der Waals surface area contributed by atoms with Gasteiger partial charge in [0, 0.05) is 25.1 Å². The highest BCUT2D eigenvalue weighted by molar-refractivity contribution is 5.79. The molecule has 2 heterocycles. The van der Waals surface area contributed by atoms with Crippen LogP contribution in [-0.4, -0.2) is 27.0 Å². The van der Waals surface area contributed by atoms with Gasteiger partial charge in [-0.2, -0.15) is 0 Å². The third-order valence-electron chi connectivity index (χ3n) is 6.56. The zero-order chi connectivity index (χ0) is 16.1. The van der Waals surface area contributed by atoms with E-state index in [0.717, 1.165) is 29.7 Å². The molecule has 2 aromatic heterocycles. The lowest BCUT2D eigenvalue weighted by atomic mass is 9.51. The molecule has 126 valence electrons. The summed E-state index contributed by atoms with van der Waals surface area (Å²) < 4.78 is 2.00. The van der Waals surface area contributed by atoms with Crippen molar-refractivity contribution in [1.82, 2.24) is 19.9 Å². The Balaban J connectivity index is 1.22. The van der Waals surface area contributed by atoms with Crippen LogP contribution < -0.4 is 5.32 Å². The first kappa shape index (κ1) is 14.4. The van der Waals surface area contributed by atoms with Gasteiger partial charge in [0.15, 0.2) is 5.65 Å². The Kier molecular flexibility index (Phi) is 3.35. The highest BCUT2D eigenvalue weighted by atomic mass is 16.1. The van der Waals surface area contributed by atoms with E-state index in [4.69, 9.17) is 0 Å². The van der Waals surface area contributed by atoms with E-state index in [1.807, 2.05) is 28.8 Å². The fourth-order valence-electron chi connectivity index (χ4n) is 5.83. The van der Waals surface area contributed by atoms with Gasteiger partial charge in [-0.05, 0) is 67.9 Å². The normalized spacial score (nSPS) is 33.9. The van der Waals surface area contributed by atoms with Crippen LogP contribution in [0.5, 0.6) is 0 Å². The lowest BCUT2D eigenvalue weighted by molar-refractivity contribution is -0.138. The van der Waals surface area contributed by atoms with Gasteiger partial charge in [0.2, 0.25) is 5.91 Å². The molecule has 4 aliphatic carbocycles. The van der Waals surface area contributed by atoms with Crippen LogP contribution in [0.3, 0.4) is 0 Å². The Bertz CT molecular complexity index is 740. The second-order valence-corrected chi connectivity index (χ2v) is 8.04. The van der Waals surface area contributed by atoms with E-state index in [0.29, 0.717) is 18.4 Å². The molecule has 0 saturated heterocycles. The van der Waals surface area contributed by atoms with Gasteiger partial charge in [-0.15, -0.1) is 10.2 Å². The first-order chi connectivity index (χ1) is 11.8. The van der Waals surface area contributed by atoms with Gasteiger partial charge >= 0.3 is 0 Å². The topological polar surface area (TPSA) is 59.3 Å². The van der Waals surface area contributed by atoms with Gasteiger partial charge in [-0.3, -0.25) is 9.20 Å². The number of carbonyl (C=O) groups is 1. The second kappa shape index (κ2) is 5.57. The van der Waals surface area contributed by atoms with Crippen molar-refractivity contribution in [3.8, 4) is 0 Å². The molecule has 0 spiro atoms. The number of carbonyl (C=O) groups excluding carboxylic acids is 1. The molecule has 6 rings (SSSR count). The number of hydrogen-bond donors (Lipinski definition) is 1. The van der Waals surface area contributed by atoms with Crippen molar-refractivity contribution in [2.45, 2.75) is 38.5 Å². The summed E-state index contributed by atoms with van der Waals surface area (Å²) in [6.45, 7) is 0.650. The number of fused-ring (bicyclic) bond motifs is 1. The maximum absolute atomic E-state index is 12.8. The molecule has 1 N–H and O–H groups in total. The third kappa shape index (κ3) is 2.33. The van der Waals surface area contributed by atoms with Gasteiger partial charge in [-0.25, -0.2) is 0 Å². The summed E-state index contributed by atoms with van der Waals surface area (Å²) in [5, 5.41) is 11.6. The van der Waals surface area contributed by atoms with Crippen LogP contribution in [0.1, 0.15) is 37.9 Å². The van der Waals surface area contributed by atoms with Crippen molar-refractivity contribution in [3.63, 3.8) is 0 Å². The number of pyridine rings is 1. The van der Waals surface area contributed by atoms with Gasteiger partial charge in [0.05, 0.1) is 0 Å². The first-order valence-corrected chi connectivity index (χ1v) is 9.34. The summed E-state index contributed by atoms with van der Waals surface area (Å²) in [6, 6.07) is 5.89. The summed E-state index contributed by atoms with van der Waals surface area (Å²) in [6.07, 6.45) is 9.30. The summed E-state index contributed by atoms with van der Waals surface area (Å²) in [4.78, 5) is 12.8. The molecule has 0 radical (unpaired) electrons. The first-order valence-electron chi connectivity index (χ1n) is 9.34. The van der Waals surface area contributed by atoms with Crippen molar-refractivity contribution in [2.24, 2.45) is 29.6 Å². The van der Waals surface area contributed by atoms with E-state index in [1.165, 1.54) is 32.1 Å². The lowest BCUT2D eigenvalue weighted by Gasteiger charge is -2.53. The maximum Gasteiger partial charge on any atom is 0.223 e. The number of rotatable bonds is 4. The molecule has 24 heavy (non-hydrogen) atoms. The lowest BCUT2D eigenvalue weighted by Crippen LogP contribution is -2.51. The highest BCUT2D eigenvalue weighted by Crippen LogP contribution is 2.56. The van der Waals surface area contributed by atoms with Crippen molar-refractivity contribution in [1.29, 1.82) is 0 Å². The Labute approximate surface area is 141 Å². The molecule has 0 aromatic carbocycles. The van der Waals surface area contributed by atoms with E-state index in [2.05, 4.69) is 15.5 Å². The van der Waals surface area contributed by atoms with Gasteiger partial charge < -0.3 is 5.32 Å². The molecule has 4 fully saturated rings. The van der Waals surface area contributed by atoms with Crippen LogP contribution in [0.4, 0.5) is 0 Å². The Morgan fingerprint density at radius 2 is 1.83 bits per heavy atom. The maximum atomic E-state index is 12.8. The molecule has 4 aliphatic rings. The van der Waals surface area contributed by atoms with Crippen LogP contribution in [-0.2, 0) is 11.2 Å². The average Bonchev–Trinajstić information content (AvgIpc) is 2.97. The van der Waals surface area contributed by atoms with Crippen molar-refractivity contribution in [3.05, 3.63) is 30.2 Å². The second-order valence-electron chi connectivity index (χ2n) is 8.04. The van der Waals surface area contributed by atoms with Crippen LogP contribution in [0.25, 0.3) is 5.65 Å². The number of aromatic nitrogens is 3. The zero-order valence-electron chi connectivity index (χ0n) is 13.9.